The van der Waals surface area contributed by atoms with Gasteiger partial charge in [0.05, 0.1) is 24.8 Å². The Balaban J connectivity index is 2.14. The van der Waals surface area contributed by atoms with E-state index < -0.39 is 5.91 Å². The molecule has 18 heavy (non-hydrogen) atoms. The lowest BCUT2D eigenvalue weighted by molar-refractivity contribution is -0.673. The zero-order valence-corrected chi connectivity index (χ0v) is 11.1. The smallest absolute Gasteiger partial charge is 0.307 e. The molecule has 4 heteroatoms. The summed E-state index contributed by atoms with van der Waals surface area (Å²) in [6.45, 7) is 8.06. The van der Waals surface area contributed by atoms with Crippen molar-refractivity contribution in [3.8, 4) is 0 Å². The molecular weight excluding hydrogens is 228 g/mol. The van der Waals surface area contributed by atoms with Crippen molar-refractivity contribution in [2.24, 2.45) is 7.05 Å². The van der Waals surface area contributed by atoms with Crippen LogP contribution in [0.3, 0.4) is 0 Å². The second-order valence-electron chi connectivity index (χ2n) is 5.12. The predicted molar refractivity (Wildman–Crippen MR) is 67.5 cm³/mol. The van der Waals surface area contributed by atoms with Gasteiger partial charge in [-0.15, -0.1) is 0 Å². The Kier molecular flexibility index (Phi) is 2.47. The number of rotatable bonds is 1. The van der Waals surface area contributed by atoms with Gasteiger partial charge in [-0.05, 0) is 20.3 Å². The van der Waals surface area contributed by atoms with E-state index in [9.17, 15) is 0 Å². The van der Waals surface area contributed by atoms with E-state index in [2.05, 4.69) is 31.1 Å². The van der Waals surface area contributed by atoms with Crippen molar-refractivity contribution in [3.05, 3.63) is 36.4 Å². The lowest BCUT2D eigenvalue weighted by atomic mass is 10.1. The SMILES string of the molecule is C=CC1=Cc2n(cc[n+]2C)C12OC(C)CC(C)O2. The second-order valence-corrected chi connectivity index (χ2v) is 5.12. The molecule has 1 fully saturated rings. The summed E-state index contributed by atoms with van der Waals surface area (Å²) in [5.41, 5.74) is 0.965. The Morgan fingerprint density at radius 2 is 2.11 bits per heavy atom. The summed E-state index contributed by atoms with van der Waals surface area (Å²) >= 11 is 0. The molecular formula is C14H19N2O2+. The molecule has 1 spiro atoms. The molecule has 2 aliphatic heterocycles. The minimum absolute atomic E-state index is 0.163. The fourth-order valence-corrected chi connectivity index (χ4v) is 2.85. The van der Waals surface area contributed by atoms with Gasteiger partial charge in [0, 0.05) is 6.08 Å². The quantitative estimate of drug-likeness (QED) is 0.707. The maximum atomic E-state index is 6.14. The van der Waals surface area contributed by atoms with Crippen LogP contribution < -0.4 is 4.57 Å². The van der Waals surface area contributed by atoms with Crippen molar-refractivity contribution in [2.45, 2.75) is 38.4 Å². The van der Waals surface area contributed by atoms with Crippen LogP contribution in [0.15, 0.2) is 30.6 Å². The number of hydrogen-bond acceptors (Lipinski definition) is 2. The van der Waals surface area contributed by atoms with E-state index in [0.717, 1.165) is 17.8 Å². The molecule has 2 unspecified atom stereocenters. The Labute approximate surface area is 107 Å². The van der Waals surface area contributed by atoms with E-state index in [0.29, 0.717) is 0 Å². The van der Waals surface area contributed by atoms with Gasteiger partial charge in [-0.25, -0.2) is 4.57 Å². The van der Waals surface area contributed by atoms with Crippen LogP contribution in [-0.2, 0) is 22.4 Å². The fraction of sp³-hybridized carbons (Fsp3) is 0.500. The van der Waals surface area contributed by atoms with Gasteiger partial charge >= 0.3 is 5.91 Å². The molecule has 0 N–H and O–H groups in total. The standard InChI is InChI=1S/C14H19N2O2/c1-5-12-9-13-15(4)6-7-16(13)14(12)17-10(2)8-11(3)18-14/h5-7,9-11H,1,8H2,2-4H3/q+1. The van der Waals surface area contributed by atoms with Crippen LogP contribution in [0.4, 0.5) is 0 Å². The van der Waals surface area contributed by atoms with E-state index in [1.807, 2.05) is 30.1 Å². The highest BCUT2D eigenvalue weighted by Gasteiger charge is 2.54. The van der Waals surface area contributed by atoms with Crippen molar-refractivity contribution in [3.63, 3.8) is 0 Å². The summed E-state index contributed by atoms with van der Waals surface area (Å²) in [5, 5.41) is 0. The maximum Gasteiger partial charge on any atom is 0.357 e. The van der Waals surface area contributed by atoms with E-state index in [-0.39, 0.29) is 12.2 Å². The van der Waals surface area contributed by atoms with Crippen molar-refractivity contribution in [1.29, 1.82) is 0 Å². The van der Waals surface area contributed by atoms with Gasteiger partial charge in [0.2, 0.25) is 0 Å². The van der Waals surface area contributed by atoms with Crippen LogP contribution in [0.25, 0.3) is 6.08 Å². The molecule has 0 bridgehead atoms. The number of nitrogens with zero attached hydrogens (tertiary/aromatic N) is 2. The molecule has 1 saturated heterocycles. The Hall–Kier alpha value is -1.39. The van der Waals surface area contributed by atoms with Gasteiger partial charge in [-0.1, -0.05) is 12.7 Å². The molecule has 2 aliphatic rings. The van der Waals surface area contributed by atoms with Crippen molar-refractivity contribution < 1.29 is 14.0 Å². The summed E-state index contributed by atoms with van der Waals surface area (Å²) in [6, 6.07) is 0. The summed E-state index contributed by atoms with van der Waals surface area (Å²) in [7, 11) is 2.01. The largest absolute Gasteiger partial charge is 0.357 e. The lowest BCUT2D eigenvalue weighted by Gasteiger charge is -2.38. The van der Waals surface area contributed by atoms with E-state index >= 15 is 0 Å². The zero-order chi connectivity index (χ0) is 12.9. The Bertz CT molecular complexity index is 520. The molecule has 0 radical (unpaired) electrons. The molecule has 0 amide bonds. The highest BCUT2D eigenvalue weighted by atomic mass is 16.7. The number of aryl methyl sites for hydroxylation is 1. The van der Waals surface area contributed by atoms with Crippen molar-refractivity contribution in [1.82, 2.24) is 4.57 Å². The van der Waals surface area contributed by atoms with E-state index in [1.54, 1.807) is 0 Å². The molecule has 3 rings (SSSR count). The number of imidazole rings is 1. The Morgan fingerprint density at radius 3 is 2.72 bits per heavy atom. The van der Waals surface area contributed by atoms with Gasteiger partial charge in [0.1, 0.15) is 12.4 Å². The van der Waals surface area contributed by atoms with Gasteiger partial charge < -0.3 is 9.47 Å². The molecule has 0 aromatic carbocycles. The first-order valence-electron chi connectivity index (χ1n) is 6.34. The number of hydrogen-bond donors (Lipinski definition) is 0. The fourth-order valence-electron chi connectivity index (χ4n) is 2.85. The number of ether oxygens (including phenoxy) is 2. The first kappa shape index (κ1) is 11.7. The summed E-state index contributed by atoms with van der Waals surface area (Å²) in [4.78, 5) is 0. The van der Waals surface area contributed by atoms with Crippen molar-refractivity contribution >= 4 is 6.08 Å². The summed E-state index contributed by atoms with van der Waals surface area (Å²) in [6.07, 6.45) is 9.12. The van der Waals surface area contributed by atoms with Crippen LogP contribution in [-0.4, -0.2) is 16.8 Å². The minimum atomic E-state index is -0.824. The van der Waals surface area contributed by atoms with Crippen LogP contribution in [0.5, 0.6) is 0 Å². The molecule has 2 atom stereocenters. The molecule has 1 aromatic heterocycles. The second kappa shape index (κ2) is 3.80. The van der Waals surface area contributed by atoms with E-state index in [4.69, 9.17) is 9.47 Å². The highest BCUT2D eigenvalue weighted by Crippen LogP contribution is 2.42. The minimum Gasteiger partial charge on any atom is -0.307 e. The van der Waals surface area contributed by atoms with E-state index in [1.165, 1.54) is 0 Å². The molecule has 0 saturated carbocycles. The molecule has 0 aliphatic carbocycles. The molecule has 1 aromatic rings. The monoisotopic (exact) mass is 247 g/mol. The summed E-state index contributed by atoms with van der Waals surface area (Å²) < 4.78 is 16.4. The van der Waals surface area contributed by atoms with Gasteiger partial charge in [0.25, 0.3) is 5.82 Å². The zero-order valence-electron chi connectivity index (χ0n) is 11.1. The number of fused-ring (bicyclic) bond motifs is 2. The maximum absolute atomic E-state index is 6.14. The van der Waals surface area contributed by atoms with Crippen LogP contribution in [0, 0.1) is 0 Å². The topological polar surface area (TPSA) is 27.3 Å². The third-order valence-electron chi connectivity index (χ3n) is 3.62. The van der Waals surface area contributed by atoms with Gasteiger partial charge in [-0.3, -0.25) is 0 Å². The highest BCUT2D eigenvalue weighted by molar-refractivity contribution is 5.55. The molecule has 4 nitrogen and oxygen atoms in total. The van der Waals surface area contributed by atoms with Gasteiger partial charge in [0.15, 0.2) is 0 Å². The third kappa shape index (κ3) is 1.42. The average molecular weight is 247 g/mol. The van der Waals surface area contributed by atoms with Crippen molar-refractivity contribution in [2.75, 3.05) is 0 Å². The normalized spacial score (nSPS) is 34.5. The first-order chi connectivity index (χ1) is 8.56. The van der Waals surface area contributed by atoms with Crippen LogP contribution in [0.2, 0.25) is 0 Å². The third-order valence-corrected chi connectivity index (χ3v) is 3.62. The predicted octanol–water partition coefficient (Wildman–Crippen LogP) is 1.72. The van der Waals surface area contributed by atoms with Crippen LogP contribution in [0.1, 0.15) is 26.1 Å². The number of aromatic nitrogens is 2. The summed E-state index contributed by atoms with van der Waals surface area (Å²) in [5.74, 6) is 0.237. The molecule has 96 valence electrons. The van der Waals surface area contributed by atoms with Crippen LogP contribution >= 0.6 is 0 Å². The average Bonchev–Trinajstić information content (AvgIpc) is 2.78. The van der Waals surface area contributed by atoms with Gasteiger partial charge in [-0.2, -0.15) is 4.57 Å². The lowest BCUT2D eigenvalue weighted by Crippen LogP contribution is -2.48. The Morgan fingerprint density at radius 1 is 1.44 bits per heavy atom. The molecule has 3 heterocycles. The first-order valence-corrected chi connectivity index (χ1v) is 6.34.